The van der Waals surface area contributed by atoms with Crippen LogP contribution in [0.1, 0.15) is 25.5 Å². The highest BCUT2D eigenvalue weighted by atomic mass is 32.2. The van der Waals surface area contributed by atoms with Gasteiger partial charge in [0.2, 0.25) is 0 Å². The highest BCUT2D eigenvalue weighted by Crippen LogP contribution is 2.20. The van der Waals surface area contributed by atoms with Gasteiger partial charge in [0.25, 0.3) is 0 Å². The fraction of sp³-hybridized carbons (Fsp3) is 0.333. The first-order chi connectivity index (χ1) is 7.75. The number of rotatable bonds is 4. The Balaban J connectivity index is 1.95. The molecule has 0 radical (unpaired) electrons. The standard InChI is InChI=1S/C12H15N3S/c1-10(2)15-8-12(13-14-15)16-9-11-6-4-3-5-7-11/h3-8,10H,9H2,1-2H3. The van der Waals surface area contributed by atoms with E-state index >= 15 is 0 Å². The van der Waals surface area contributed by atoms with Gasteiger partial charge in [0.05, 0.1) is 6.20 Å². The lowest BCUT2D eigenvalue weighted by molar-refractivity contribution is 0.514. The Morgan fingerprint density at radius 2 is 2.00 bits per heavy atom. The zero-order valence-electron chi connectivity index (χ0n) is 9.50. The Bertz CT molecular complexity index is 437. The molecule has 0 N–H and O–H groups in total. The molecular weight excluding hydrogens is 218 g/mol. The van der Waals surface area contributed by atoms with Crippen molar-refractivity contribution < 1.29 is 0 Å². The smallest absolute Gasteiger partial charge is 0.139 e. The molecule has 3 nitrogen and oxygen atoms in total. The molecule has 0 aliphatic rings. The third-order valence-corrected chi connectivity index (χ3v) is 3.21. The predicted octanol–water partition coefficient (Wildman–Crippen LogP) is 3.15. The average Bonchev–Trinajstić information content (AvgIpc) is 2.76. The second kappa shape index (κ2) is 5.16. The van der Waals surface area contributed by atoms with Crippen LogP contribution in [-0.4, -0.2) is 15.0 Å². The normalized spacial score (nSPS) is 10.9. The molecule has 0 bridgehead atoms. The van der Waals surface area contributed by atoms with Gasteiger partial charge in [-0.25, -0.2) is 4.68 Å². The van der Waals surface area contributed by atoms with Crippen LogP contribution in [0.4, 0.5) is 0 Å². The van der Waals surface area contributed by atoms with E-state index in [0.29, 0.717) is 6.04 Å². The molecule has 1 heterocycles. The van der Waals surface area contributed by atoms with E-state index in [1.165, 1.54) is 5.56 Å². The maximum Gasteiger partial charge on any atom is 0.139 e. The fourth-order valence-corrected chi connectivity index (χ4v) is 2.09. The molecule has 0 unspecified atom stereocenters. The van der Waals surface area contributed by atoms with Crippen molar-refractivity contribution in [3.05, 3.63) is 42.1 Å². The molecule has 1 aromatic heterocycles. The van der Waals surface area contributed by atoms with Gasteiger partial charge in [-0.05, 0) is 19.4 Å². The Morgan fingerprint density at radius 1 is 1.25 bits per heavy atom. The number of thioether (sulfide) groups is 1. The molecule has 2 aromatic rings. The van der Waals surface area contributed by atoms with Crippen LogP contribution in [0.5, 0.6) is 0 Å². The molecule has 0 atom stereocenters. The van der Waals surface area contributed by atoms with Crippen molar-refractivity contribution >= 4 is 11.8 Å². The number of nitrogens with zero attached hydrogens (tertiary/aromatic N) is 3. The number of hydrogen-bond donors (Lipinski definition) is 0. The van der Waals surface area contributed by atoms with Crippen molar-refractivity contribution in [1.82, 2.24) is 15.0 Å². The summed E-state index contributed by atoms with van der Waals surface area (Å²) < 4.78 is 1.88. The minimum absolute atomic E-state index is 0.374. The predicted molar refractivity (Wildman–Crippen MR) is 66.4 cm³/mol. The van der Waals surface area contributed by atoms with Crippen molar-refractivity contribution in [2.45, 2.75) is 30.7 Å². The van der Waals surface area contributed by atoms with E-state index in [0.717, 1.165) is 10.8 Å². The zero-order chi connectivity index (χ0) is 11.4. The lowest BCUT2D eigenvalue weighted by Crippen LogP contribution is -2.00. The lowest BCUT2D eigenvalue weighted by atomic mass is 10.2. The third-order valence-electron chi connectivity index (χ3n) is 2.25. The molecule has 16 heavy (non-hydrogen) atoms. The monoisotopic (exact) mass is 233 g/mol. The van der Waals surface area contributed by atoms with Crippen LogP contribution >= 0.6 is 11.8 Å². The number of benzene rings is 1. The largest absolute Gasteiger partial charge is 0.249 e. The van der Waals surface area contributed by atoms with Crippen LogP contribution in [0.15, 0.2) is 41.6 Å². The molecule has 0 amide bonds. The quantitative estimate of drug-likeness (QED) is 0.760. The van der Waals surface area contributed by atoms with Gasteiger partial charge in [-0.1, -0.05) is 47.3 Å². The van der Waals surface area contributed by atoms with Gasteiger partial charge in [-0.2, -0.15) is 0 Å². The summed E-state index contributed by atoms with van der Waals surface area (Å²) in [5.41, 5.74) is 1.31. The molecule has 84 valence electrons. The minimum atomic E-state index is 0.374. The molecule has 0 aliphatic carbocycles. The Kier molecular flexibility index (Phi) is 3.62. The van der Waals surface area contributed by atoms with Crippen LogP contribution in [0, 0.1) is 0 Å². The van der Waals surface area contributed by atoms with Crippen LogP contribution in [0.3, 0.4) is 0 Å². The molecule has 1 aromatic carbocycles. The van der Waals surface area contributed by atoms with Crippen molar-refractivity contribution in [3.8, 4) is 0 Å². The molecule has 0 saturated heterocycles. The summed E-state index contributed by atoms with van der Waals surface area (Å²) >= 11 is 1.72. The van der Waals surface area contributed by atoms with Gasteiger partial charge >= 0.3 is 0 Å². The van der Waals surface area contributed by atoms with E-state index in [1.807, 2.05) is 16.9 Å². The molecular formula is C12H15N3S. The van der Waals surface area contributed by atoms with Gasteiger partial charge < -0.3 is 0 Å². The molecule has 0 spiro atoms. The molecule has 0 saturated carbocycles. The maximum atomic E-state index is 4.13. The van der Waals surface area contributed by atoms with Crippen LogP contribution in [-0.2, 0) is 5.75 Å². The van der Waals surface area contributed by atoms with Crippen molar-refractivity contribution in [2.24, 2.45) is 0 Å². The van der Waals surface area contributed by atoms with E-state index in [-0.39, 0.29) is 0 Å². The van der Waals surface area contributed by atoms with E-state index in [1.54, 1.807) is 11.8 Å². The summed E-state index contributed by atoms with van der Waals surface area (Å²) in [6.07, 6.45) is 2.00. The second-order valence-electron chi connectivity index (χ2n) is 3.90. The van der Waals surface area contributed by atoms with E-state index in [4.69, 9.17) is 0 Å². The van der Waals surface area contributed by atoms with Crippen LogP contribution in [0.25, 0.3) is 0 Å². The van der Waals surface area contributed by atoms with Crippen molar-refractivity contribution in [2.75, 3.05) is 0 Å². The second-order valence-corrected chi connectivity index (χ2v) is 4.90. The summed E-state index contributed by atoms with van der Waals surface area (Å²) in [5, 5.41) is 9.19. The first-order valence-corrected chi connectivity index (χ1v) is 6.33. The van der Waals surface area contributed by atoms with E-state index in [9.17, 15) is 0 Å². The summed E-state index contributed by atoms with van der Waals surface area (Å²) in [4.78, 5) is 0. The first kappa shape index (κ1) is 11.2. The summed E-state index contributed by atoms with van der Waals surface area (Å²) in [6, 6.07) is 10.8. The fourth-order valence-electron chi connectivity index (χ4n) is 1.31. The van der Waals surface area contributed by atoms with Crippen molar-refractivity contribution in [3.63, 3.8) is 0 Å². The Hall–Kier alpha value is -1.29. The van der Waals surface area contributed by atoms with Crippen LogP contribution < -0.4 is 0 Å². The highest BCUT2D eigenvalue weighted by molar-refractivity contribution is 7.98. The summed E-state index contributed by atoms with van der Waals surface area (Å²) in [6.45, 7) is 4.20. The lowest BCUT2D eigenvalue weighted by Gasteiger charge is -2.01. The van der Waals surface area contributed by atoms with E-state index < -0.39 is 0 Å². The van der Waals surface area contributed by atoms with Gasteiger partial charge in [-0.15, -0.1) is 5.10 Å². The minimum Gasteiger partial charge on any atom is -0.249 e. The van der Waals surface area contributed by atoms with Gasteiger partial charge in [0.15, 0.2) is 0 Å². The molecule has 0 aliphatic heterocycles. The van der Waals surface area contributed by atoms with Gasteiger partial charge in [0, 0.05) is 11.8 Å². The number of aromatic nitrogens is 3. The summed E-state index contributed by atoms with van der Waals surface area (Å²) in [7, 11) is 0. The number of hydrogen-bond acceptors (Lipinski definition) is 3. The van der Waals surface area contributed by atoms with Crippen molar-refractivity contribution in [1.29, 1.82) is 0 Å². The Morgan fingerprint density at radius 3 is 2.62 bits per heavy atom. The SMILES string of the molecule is CC(C)n1cc(SCc2ccccc2)nn1. The zero-order valence-corrected chi connectivity index (χ0v) is 10.3. The molecule has 4 heteroatoms. The average molecular weight is 233 g/mol. The molecule has 2 rings (SSSR count). The topological polar surface area (TPSA) is 30.7 Å². The van der Waals surface area contributed by atoms with E-state index in [2.05, 4.69) is 48.4 Å². The summed E-state index contributed by atoms with van der Waals surface area (Å²) in [5.74, 6) is 0.942. The maximum absolute atomic E-state index is 4.13. The van der Waals surface area contributed by atoms with Gasteiger partial charge in [-0.3, -0.25) is 0 Å². The van der Waals surface area contributed by atoms with Crippen LogP contribution in [0.2, 0.25) is 0 Å². The first-order valence-electron chi connectivity index (χ1n) is 5.34. The molecule has 0 fully saturated rings. The van der Waals surface area contributed by atoms with Gasteiger partial charge in [0.1, 0.15) is 5.03 Å². The third kappa shape index (κ3) is 2.85. The Labute approximate surface area is 99.9 Å². The highest BCUT2D eigenvalue weighted by Gasteiger charge is 2.03.